The van der Waals surface area contributed by atoms with E-state index in [1.807, 2.05) is 0 Å². The number of alkyl halides is 2. The Kier molecular flexibility index (Phi) is 5.08. The summed E-state index contributed by atoms with van der Waals surface area (Å²) in [5.74, 6) is -0.0150. The van der Waals surface area contributed by atoms with Crippen LogP contribution in [-0.4, -0.2) is 23.7 Å². The summed E-state index contributed by atoms with van der Waals surface area (Å²) in [5, 5.41) is 6.29. The van der Waals surface area contributed by atoms with Crippen LogP contribution in [0.15, 0.2) is 30.5 Å². The highest BCUT2D eigenvalue weighted by atomic mass is 19.3. The lowest BCUT2D eigenvalue weighted by atomic mass is 9.96. The number of carbonyl (C=O) groups is 1. The minimum atomic E-state index is -2.93. The normalized spacial score (nSPS) is 15.5. The van der Waals surface area contributed by atoms with Crippen molar-refractivity contribution >= 4 is 22.6 Å². The Balaban J connectivity index is 1.78. The number of benzene rings is 1. The quantitative estimate of drug-likeness (QED) is 0.876. The van der Waals surface area contributed by atoms with Crippen molar-refractivity contribution in [3.8, 4) is 5.75 Å². The molecule has 0 atom stereocenters. The molecule has 0 aliphatic heterocycles. The second kappa shape index (κ2) is 7.42. The van der Waals surface area contributed by atoms with Gasteiger partial charge in [0.25, 0.3) is 0 Å². The van der Waals surface area contributed by atoms with E-state index in [0.29, 0.717) is 11.1 Å². The van der Waals surface area contributed by atoms with Gasteiger partial charge in [0, 0.05) is 17.6 Å². The predicted molar refractivity (Wildman–Crippen MR) is 87.4 cm³/mol. The molecule has 1 aromatic carbocycles. The van der Waals surface area contributed by atoms with Crippen molar-refractivity contribution in [2.75, 3.05) is 5.32 Å². The number of halogens is 2. The average molecular weight is 335 g/mol. The van der Waals surface area contributed by atoms with Gasteiger partial charge in [0.15, 0.2) is 5.75 Å². The number of nitrogens with one attached hydrogen (secondary N) is 2. The topological polar surface area (TPSA) is 63.2 Å². The molecule has 1 aliphatic rings. The molecule has 0 saturated heterocycles. The number of fused-ring (bicyclic) bond motifs is 1. The van der Waals surface area contributed by atoms with Crippen LogP contribution in [0.3, 0.4) is 0 Å². The van der Waals surface area contributed by atoms with E-state index < -0.39 is 6.61 Å². The zero-order valence-electron chi connectivity index (χ0n) is 13.1. The smallest absolute Gasteiger partial charge is 0.387 e. The van der Waals surface area contributed by atoms with E-state index in [-0.39, 0.29) is 23.3 Å². The highest BCUT2D eigenvalue weighted by Gasteiger charge is 2.17. The summed E-state index contributed by atoms with van der Waals surface area (Å²) in [5.41, 5.74) is 0.793. The van der Waals surface area contributed by atoms with E-state index in [2.05, 4.69) is 20.4 Å². The van der Waals surface area contributed by atoms with Crippen LogP contribution < -0.4 is 15.4 Å². The monoisotopic (exact) mass is 335 g/mol. The van der Waals surface area contributed by atoms with Gasteiger partial charge in [0.05, 0.1) is 5.69 Å². The lowest BCUT2D eigenvalue weighted by Gasteiger charge is -2.23. The van der Waals surface area contributed by atoms with E-state index in [4.69, 9.17) is 0 Å². The molecule has 2 amide bonds. The first-order chi connectivity index (χ1) is 11.6. The molecule has 1 aromatic heterocycles. The first-order valence-corrected chi connectivity index (χ1v) is 8.03. The highest BCUT2D eigenvalue weighted by Crippen LogP contribution is 2.31. The first-order valence-electron chi connectivity index (χ1n) is 8.03. The fourth-order valence-corrected chi connectivity index (χ4v) is 3.04. The van der Waals surface area contributed by atoms with E-state index in [1.54, 1.807) is 18.2 Å². The van der Waals surface area contributed by atoms with Crippen molar-refractivity contribution in [1.29, 1.82) is 0 Å². The molecule has 1 saturated carbocycles. The molecule has 1 aliphatic carbocycles. The van der Waals surface area contributed by atoms with E-state index >= 15 is 0 Å². The fraction of sp³-hybridized carbons (Fsp3) is 0.412. The maximum absolute atomic E-state index is 12.5. The summed E-state index contributed by atoms with van der Waals surface area (Å²) < 4.78 is 29.5. The van der Waals surface area contributed by atoms with Crippen LogP contribution >= 0.6 is 0 Å². The first kappa shape index (κ1) is 16.4. The van der Waals surface area contributed by atoms with Gasteiger partial charge in [-0.05, 0) is 37.1 Å². The molecular weight excluding hydrogens is 316 g/mol. The fourth-order valence-electron chi connectivity index (χ4n) is 3.04. The number of nitrogens with zero attached hydrogens (tertiary/aromatic N) is 1. The number of anilines is 1. The Labute approximate surface area is 138 Å². The van der Waals surface area contributed by atoms with Gasteiger partial charge < -0.3 is 15.4 Å². The molecule has 2 aromatic rings. The van der Waals surface area contributed by atoms with Crippen molar-refractivity contribution in [1.82, 2.24) is 10.3 Å². The van der Waals surface area contributed by atoms with Gasteiger partial charge in [-0.3, -0.25) is 4.98 Å². The summed E-state index contributed by atoms with van der Waals surface area (Å²) in [6.45, 7) is -2.93. The summed E-state index contributed by atoms with van der Waals surface area (Å²) >= 11 is 0. The van der Waals surface area contributed by atoms with Crippen molar-refractivity contribution in [2.24, 2.45) is 0 Å². The molecule has 2 N–H and O–H groups in total. The summed E-state index contributed by atoms with van der Waals surface area (Å²) in [6, 6.07) is 6.20. The predicted octanol–water partition coefficient (Wildman–Crippen LogP) is 4.29. The maximum Gasteiger partial charge on any atom is 0.387 e. The minimum absolute atomic E-state index is 0.0150. The van der Waals surface area contributed by atoms with Crippen LogP contribution in [0.2, 0.25) is 0 Å². The number of rotatable bonds is 4. The summed E-state index contributed by atoms with van der Waals surface area (Å²) in [7, 11) is 0. The number of urea groups is 1. The Morgan fingerprint density at radius 2 is 2.00 bits per heavy atom. The number of ether oxygens (including phenoxy) is 1. The van der Waals surface area contributed by atoms with Gasteiger partial charge in [-0.15, -0.1) is 0 Å². The summed E-state index contributed by atoms with van der Waals surface area (Å²) in [4.78, 5) is 16.3. The zero-order chi connectivity index (χ0) is 16.9. The van der Waals surface area contributed by atoms with Crippen LogP contribution in [0.4, 0.5) is 19.3 Å². The SMILES string of the molecule is O=C(Nc1ccc(OC(F)F)c2ncccc12)NC1CCCCC1. The van der Waals surface area contributed by atoms with Crippen molar-refractivity contribution in [3.63, 3.8) is 0 Å². The van der Waals surface area contributed by atoms with Gasteiger partial charge in [-0.2, -0.15) is 8.78 Å². The van der Waals surface area contributed by atoms with Crippen molar-refractivity contribution in [2.45, 2.75) is 44.8 Å². The minimum Gasteiger partial charge on any atom is -0.432 e. The lowest BCUT2D eigenvalue weighted by molar-refractivity contribution is -0.0489. The molecule has 0 spiro atoms. The molecule has 5 nitrogen and oxygen atoms in total. The van der Waals surface area contributed by atoms with Gasteiger partial charge in [0.1, 0.15) is 5.52 Å². The Morgan fingerprint density at radius 1 is 1.21 bits per heavy atom. The second-order valence-electron chi connectivity index (χ2n) is 5.82. The molecule has 1 heterocycles. The molecule has 3 rings (SSSR count). The lowest BCUT2D eigenvalue weighted by Crippen LogP contribution is -2.39. The van der Waals surface area contributed by atoms with E-state index in [1.165, 1.54) is 18.7 Å². The Hall–Kier alpha value is -2.44. The molecule has 0 bridgehead atoms. The van der Waals surface area contributed by atoms with Crippen molar-refractivity contribution < 1.29 is 18.3 Å². The third-order valence-corrected chi connectivity index (χ3v) is 4.14. The number of amides is 2. The number of pyridine rings is 1. The number of aromatic nitrogens is 1. The van der Waals surface area contributed by atoms with Crippen LogP contribution in [0.1, 0.15) is 32.1 Å². The molecule has 1 fully saturated rings. The van der Waals surface area contributed by atoms with Crippen LogP contribution in [-0.2, 0) is 0 Å². The van der Waals surface area contributed by atoms with Crippen molar-refractivity contribution in [3.05, 3.63) is 30.5 Å². The number of hydrogen-bond acceptors (Lipinski definition) is 3. The van der Waals surface area contributed by atoms with Crippen LogP contribution in [0, 0.1) is 0 Å². The molecule has 0 radical (unpaired) electrons. The van der Waals surface area contributed by atoms with Gasteiger partial charge in [-0.25, -0.2) is 4.79 Å². The largest absolute Gasteiger partial charge is 0.432 e. The van der Waals surface area contributed by atoms with E-state index in [0.717, 1.165) is 25.7 Å². The van der Waals surface area contributed by atoms with Gasteiger partial charge in [-0.1, -0.05) is 19.3 Å². The second-order valence-corrected chi connectivity index (χ2v) is 5.82. The summed E-state index contributed by atoms with van der Waals surface area (Å²) in [6.07, 6.45) is 6.91. The molecule has 7 heteroatoms. The third kappa shape index (κ3) is 3.90. The standard InChI is InChI=1S/C17H19F2N3O2/c18-16(19)24-14-9-8-13(12-7-4-10-20-15(12)14)22-17(23)21-11-5-2-1-3-6-11/h4,7-11,16H,1-3,5-6H2,(H2,21,22,23). The Morgan fingerprint density at radius 3 is 2.75 bits per heavy atom. The third-order valence-electron chi connectivity index (χ3n) is 4.14. The van der Waals surface area contributed by atoms with Gasteiger partial charge in [0.2, 0.25) is 0 Å². The average Bonchev–Trinajstić information content (AvgIpc) is 2.57. The highest BCUT2D eigenvalue weighted by molar-refractivity contribution is 6.02. The molecular formula is C17H19F2N3O2. The van der Waals surface area contributed by atoms with E-state index in [9.17, 15) is 13.6 Å². The van der Waals surface area contributed by atoms with Gasteiger partial charge >= 0.3 is 12.6 Å². The molecule has 128 valence electrons. The van der Waals surface area contributed by atoms with Crippen LogP contribution in [0.25, 0.3) is 10.9 Å². The van der Waals surface area contributed by atoms with Crippen LogP contribution in [0.5, 0.6) is 5.75 Å². The zero-order valence-corrected chi connectivity index (χ0v) is 13.1. The molecule has 0 unspecified atom stereocenters. The number of carbonyl (C=O) groups excluding carboxylic acids is 1. The maximum atomic E-state index is 12.5. The molecule has 24 heavy (non-hydrogen) atoms. The Bertz CT molecular complexity index is 718. The number of hydrogen-bond donors (Lipinski definition) is 2.